The Hall–Kier alpha value is -2.65. The molecule has 136 valence electrons. The van der Waals surface area contributed by atoms with Crippen LogP contribution in [0.3, 0.4) is 0 Å². The molecule has 0 heterocycles. The van der Waals surface area contributed by atoms with Crippen molar-refractivity contribution in [1.29, 1.82) is 0 Å². The lowest BCUT2D eigenvalue weighted by molar-refractivity contribution is 1.28. The van der Waals surface area contributed by atoms with Gasteiger partial charge in [0.25, 0.3) is 0 Å². The Bertz CT molecular complexity index is 1210. The molecule has 4 aromatic carbocycles. The first kappa shape index (κ1) is 18.7. The third-order valence-electron chi connectivity index (χ3n) is 4.94. The molecule has 0 atom stereocenters. The van der Waals surface area contributed by atoms with E-state index in [9.17, 15) is 0 Å². The first-order valence-electron chi connectivity index (χ1n) is 9.39. The molecule has 0 aromatic heterocycles. The van der Waals surface area contributed by atoms with Gasteiger partial charge in [-0.05, 0) is 79.4 Å². The van der Waals surface area contributed by atoms with E-state index in [4.69, 9.17) is 0 Å². The summed E-state index contributed by atoms with van der Waals surface area (Å²) >= 11 is 2.33. The first-order chi connectivity index (χ1) is 13.7. The summed E-state index contributed by atoms with van der Waals surface area (Å²) in [6.07, 6.45) is 7.31. The van der Waals surface area contributed by atoms with Crippen molar-refractivity contribution in [2.45, 2.75) is 6.42 Å². The summed E-state index contributed by atoms with van der Waals surface area (Å²) in [6.45, 7) is 3.91. The van der Waals surface area contributed by atoms with Crippen LogP contribution < -0.4 is 0 Å². The highest BCUT2D eigenvalue weighted by Crippen LogP contribution is 2.26. The number of allylic oxidation sites excluding steroid dienone is 5. The minimum atomic E-state index is 0.893. The van der Waals surface area contributed by atoms with Crippen molar-refractivity contribution in [2.24, 2.45) is 0 Å². The first-order valence-corrected chi connectivity index (χ1v) is 10.5. The summed E-state index contributed by atoms with van der Waals surface area (Å²) in [5, 5.41) is 5.10. The van der Waals surface area contributed by atoms with E-state index in [-0.39, 0.29) is 0 Å². The SMILES string of the molecule is C=C/C(I)=C\C(=C/Cc1ccc2ccccc2c1)c1ccc2ccccc2c1. The predicted molar refractivity (Wildman–Crippen MR) is 132 cm³/mol. The zero-order valence-corrected chi connectivity index (χ0v) is 17.8. The van der Waals surface area contributed by atoms with E-state index < -0.39 is 0 Å². The monoisotopic (exact) mass is 472 g/mol. The number of hydrogen-bond donors (Lipinski definition) is 0. The fraction of sp³-hybridized carbons (Fsp3) is 0.0370. The summed E-state index contributed by atoms with van der Waals surface area (Å²) in [4.78, 5) is 0. The van der Waals surface area contributed by atoms with Crippen LogP contribution in [0.2, 0.25) is 0 Å². The van der Waals surface area contributed by atoms with Gasteiger partial charge in [-0.2, -0.15) is 0 Å². The number of rotatable bonds is 5. The Morgan fingerprint density at radius 1 is 0.750 bits per heavy atom. The summed E-state index contributed by atoms with van der Waals surface area (Å²) < 4.78 is 1.13. The molecule has 0 saturated heterocycles. The van der Waals surface area contributed by atoms with Crippen LogP contribution in [-0.2, 0) is 6.42 Å². The largest absolute Gasteiger partial charge is 0.0980 e. The van der Waals surface area contributed by atoms with E-state index in [1.54, 1.807) is 0 Å². The Labute approximate surface area is 180 Å². The van der Waals surface area contributed by atoms with Crippen molar-refractivity contribution < 1.29 is 0 Å². The molecular formula is C27H21I. The van der Waals surface area contributed by atoms with Gasteiger partial charge in [0.15, 0.2) is 0 Å². The molecule has 0 saturated carbocycles. The molecule has 0 aliphatic rings. The summed E-state index contributed by atoms with van der Waals surface area (Å²) in [6, 6.07) is 30.4. The number of fused-ring (bicyclic) bond motifs is 2. The molecule has 0 spiro atoms. The van der Waals surface area contributed by atoms with Crippen molar-refractivity contribution in [1.82, 2.24) is 0 Å². The fourth-order valence-corrected chi connectivity index (χ4v) is 3.77. The van der Waals surface area contributed by atoms with Crippen LogP contribution in [0.15, 0.2) is 113 Å². The van der Waals surface area contributed by atoms with E-state index in [2.05, 4.69) is 126 Å². The molecule has 0 N–H and O–H groups in total. The van der Waals surface area contributed by atoms with Gasteiger partial charge in [0.2, 0.25) is 0 Å². The summed E-state index contributed by atoms with van der Waals surface area (Å²) in [5.74, 6) is 0. The highest BCUT2D eigenvalue weighted by Gasteiger charge is 2.03. The fourth-order valence-electron chi connectivity index (χ4n) is 3.43. The van der Waals surface area contributed by atoms with Crippen LogP contribution in [0, 0.1) is 0 Å². The molecule has 4 aromatic rings. The van der Waals surface area contributed by atoms with Gasteiger partial charge in [0, 0.05) is 3.58 Å². The van der Waals surface area contributed by atoms with Crippen molar-refractivity contribution in [3.63, 3.8) is 0 Å². The molecule has 1 heteroatoms. The molecular weight excluding hydrogens is 451 g/mol. The normalized spacial score (nSPS) is 12.5. The lowest BCUT2D eigenvalue weighted by Crippen LogP contribution is -1.87. The predicted octanol–water partition coefficient (Wildman–Crippen LogP) is 8.12. The second-order valence-corrected chi connectivity index (χ2v) is 8.09. The molecule has 4 rings (SSSR count). The van der Waals surface area contributed by atoms with E-state index in [1.165, 1.54) is 38.2 Å². The van der Waals surface area contributed by atoms with Gasteiger partial charge in [-0.25, -0.2) is 0 Å². The number of hydrogen-bond acceptors (Lipinski definition) is 0. The second kappa shape index (κ2) is 8.57. The van der Waals surface area contributed by atoms with Crippen molar-refractivity contribution >= 4 is 49.7 Å². The molecule has 0 fully saturated rings. The lowest BCUT2D eigenvalue weighted by Gasteiger charge is -2.07. The Kier molecular flexibility index (Phi) is 5.73. The van der Waals surface area contributed by atoms with Crippen LogP contribution >= 0.6 is 22.6 Å². The maximum absolute atomic E-state index is 3.91. The Morgan fingerprint density at radius 2 is 1.36 bits per heavy atom. The van der Waals surface area contributed by atoms with Crippen molar-refractivity contribution in [3.05, 3.63) is 124 Å². The quantitative estimate of drug-likeness (QED) is 0.203. The maximum atomic E-state index is 3.91. The van der Waals surface area contributed by atoms with E-state index in [0.29, 0.717) is 0 Å². The average molecular weight is 472 g/mol. The summed E-state index contributed by atoms with van der Waals surface area (Å²) in [7, 11) is 0. The molecule has 28 heavy (non-hydrogen) atoms. The van der Waals surface area contributed by atoms with Crippen LogP contribution in [0.1, 0.15) is 11.1 Å². The van der Waals surface area contributed by atoms with E-state index >= 15 is 0 Å². The van der Waals surface area contributed by atoms with Gasteiger partial charge in [-0.1, -0.05) is 97.6 Å². The zero-order chi connectivity index (χ0) is 19.3. The minimum Gasteiger partial charge on any atom is -0.0980 e. The third-order valence-corrected chi connectivity index (χ3v) is 5.69. The average Bonchev–Trinajstić information content (AvgIpc) is 2.76. The van der Waals surface area contributed by atoms with E-state index in [1.807, 2.05) is 6.08 Å². The van der Waals surface area contributed by atoms with Crippen LogP contribution in [0.25, 0.3) is 27.1 Å². The standard InChI is InChI=1S/C27H21I/c1-2-27(28)19-26(25-16-15-22-8-4-6-10-24(22)18-25)14-12-20-11-13-21-7-3-5-9-23(21)17-20/h2-11,13-19H,1,12H2/b26-14+,27-19+. The smallest absolute Gasteiger partial charge is 0.0130 e. The maximum Gasteiger partial charge on any atom is 0.0130 e. The third kappa shape index (κ3) is 4.26. The van der Waals surface area contributed by atoms with Gasteiger partial charge in [0.1, 0.15) is 0 Å². The van der Waals surface area contributed by atoms with Gasteiger partial charge in [0.05, 0.1) is 0 Å². The van der Waals surface area contributed by atoms with E-state index in [0.717, 1.165) is 10.0 Å². The summed E-state index contributed by atoms with van der Waals surface area (Å²) in [5.41, 5.74) is 3.78. The number of halogens is 1. The van der Waals surface area contributed by atoms with Crippen LogP contribution in [0.4, 0.5) is 0 Å². The molecule has 0 amide bonds. The van der Waals surface area contributed by atoms with Crippen LogP contribution in [0.5, 0.6) is 0 Å². The number of benzene rings is 4. The topological polar surface area (TPSA) is 0 Å². The van der Waals surface area contributed by atoms with Crippen molar-refractivity contribution in [2.75, 3.05) is 0 Å². The highest BCUT2D eigenvalue weighted by molar-refractivity contribution is 14.1. The molecule has 0 unspecified atom stereocenters. The molecule has 0 aliphatic heterocycles. The second-order valence-electron chi connectivity index (χ2n) is 6.84. The lowest BCUT2D eigenvalue weighted by atomic mass is 9.98. The zero-order valence-electron chi connectivity index (χ0n) is 15.6. The molecule has 0 aliphatic carbocycles. The van der Waals surface area contributed by atoms with Gasteiger partial charge in [-0.15, -0.1) is 0 Å². The van der Waals surface area contributed by atoms with Crippen molar-refractivity contribution in [3.8, 4) is 0 Å². The minimum absolute atomic E-state index is 0.893. The Balaban J connectivity index is 1.72. The highest BCUT2D eigenvalue weighted by atomic mass is 127. The molecule has 0 radical (unpaired) electrons. The van der Waals surface area contributed by atoms with Gasteiger partial charge >= 0.3 is 0 Å². The van der Waals surface area contributed by atoms with Crippen LogP contribution in [-0.4, -0.2) is 0 Å². The molecule has 0 bridgehead atoms. The van der Waals surface area contributed by atoms with Gasteiger partial charge in [-0.3, -0.25) is 0 Å². The molecule has 0 nitrogen and oxygen atoms in total. The van der Waals surface area contributed by atoms with Gasteiger partial charge < -0.3 is 0 Å². The Morgan fingerprint density at radius 3 is 2.04 bits per heavy atom.